The van der Waals surface area contributed by atoms with Crippen molar-refractivity contribution in [3.63, 3.8) is 0 Å². The van der Waals surface area contributed by atoms with E-state index in [1.165, 1.54) is 19.3 Å². The molecule has 1 rings (SSSR count). The van der Waals surface area contributed by atoms with Crippen LogP contribution in [0.2, 0.25) is 0 Å². The van der Waals surface area contributed by atoms with Crippen LogP contribution in [0.25, 0.3) is 0 Å². The van der Waals surface area contributed by atoms with Crippen molar-refractivity contribution in [1.82, 2.24) is 0 Å². The lowest BCUT2D eigenvalue weighted by atomic mass is 9.92. The van der Waals surface area contributed by atoms with E-state index in [1.807, 2.05) is 38.1 Å². The Morgan fingerprint density at radius 3 is 2.45 bits per heavy atom. The molecule has 0 aliphatic rings. The molecule has 0 heterocycles. The second kappa shape index (κ2) is 7.93. The first kappa shape index (κ1) is 16.5. The molecule has 112 valence electrons. The molecule has 1 unspecified atom stereocenters. The number of rotatable bonds is 9. The van der Waals surface area contributed by atoms with Crippen molar-refractivity contribution in [3.8, 4) is 0 Å². The van der Waals surface area contributed by atoms with Crippen molar-refractivity contribution in [2.45, 2.75) is 64.8 Å². The number of hydrogen-bond donors (Lipinski definition) is 2. The maximum Gasteiger partial charge on any atom is 0.242 e. The number of carbonyl (C=O) groups excluding carboxylic acids is 1. The third-order valence-electron chi connectivity index (χ3n) is 3.88. The van der Waals surface area contributed by atoms with Gasteiger partial charge >= 0.3 is 0 Å². The van der Waals surface area contributed by atoms with Crippen molar-refractivity contribution in [2.75, 3.05) is 5.32 Å². The summed E-state index contributed by atoms with van der Waals surface area (Å²) in [4.78, 5) is 11.8. The Kier molecular flexibility index (Phi) is 6.56. The molecule has 0 saturated carbocycles. The number of amides is 1. The fraction of sp³-hybridized carbons (Fsp3) is 0.588. The molecule has 0 aliphatic heterocycles. The molecule has 20 heavy (non-hydrogen) atoms. The Balaban J connectivity index is 2.63. The fourth-order valence-electron chi connectivity index (χ4n) is 2.34. The quantitative estimate of drug-likeness (QED) is 0.669. The Bertz CT molecular complexity index is 431. The molecule has 0 radical (unpaired) electrons. The number of nitrogens with one attached hydrogen (secondary N) is 1. The Labute approximate surface area is 122 Å². The number of primary amides is 1. The van der Waals surface area contributed by atoms with Crippen LogP contribution in [0.3, 0.4) is 0 Å². The maximum atomic E-state index is 11.8. The highest BCUT2D eigenvalue weighted by Crippen LogP contribution is 2.24. The third kappa shape index (κ3) is 4.87. The van der Waals surface area contributed by atoms with Gasteiger partial charge in [-0.25, -0.2) is 0 Å². The first-order chi connectivity index (χ1) is 9.49. The maximum absolute atomic E-state index is 11.8. The Hall–Kier alpha value is -1.51. The van der Waals surface area contributed by atoms with E-state index in [2.05, 4.69) is 12.2 Å². The summed E-state index contributed by atoms with van der Waals surface area (Å²) in [6, 6.07) is 7.99. The summed E-state index contributed by atoms with van der Waals surface area (Å²) >= 11 is 0. The lowest BCUT2D eigenvalue weighted by Gasteiger charge is -2.29. The molecular formula is C17H28N2O. The van der Waals surface area contributed by atoms with Crippen molar-refractivity contribution < 1.29 is 4.79 Å². The van der Waals surface area contributed by atoms with Crippen LogP contribution in [0.4, 0.5) is 5.69 Å². The molecule has 0 saturated heterocycles. The molecule has 1 atom stereocenters. The van der Waals surface area contributed by atoms with Crippen molar-refractivity contribution >= 4 is 11.6 Å². The van der Waals surface area contributed by atoms with Crippen molar-refractivity contribution in [1.29, 1.82) is 0 Å². The second-order valence-corrected chi connectivity index (χ2v) is 5.80. The van der Waals surface area contributed by atoms with Crippen molar-refractivity contribution in [3.05, 3.63) is 29.8 Å². The first-order valence-electron chi connectivity index (χ1n) is 7.63. The standard InChI is InChI=1S/C17H28N2O/c1-4-5-6-7-10-13-17(3,16(18)20)19-15-12-9-8-11-14(15)2/h8-9,11-12,19H,4-7,10,13H2,1-3H3,(H2,18,20). The molecule has 0 fully saturated rings. The molecule has 3 nitrogen and oxygen atoms in total. The van der Waals surface area contributed by atoms with Crippen LogP contribution < -0.4 is 11.1 Å². The molecule has 1 aromatic rings. The fourth-order valence-corrected chi connectivity index (χ4v) is 2.34. The van der Waals surface area contributed by atoms with E-state index in [0.29, 0.717) is 0 Å². The summed E-state index contributed by atoms with van der Waals surface area (Å²) in [6.07, 6.45) is 6.69. The zero-order valence-electron chi connectivity index (χ0n) is 13.0. The van der Waals surface area contributed by atoms with Gasteiger partial charge in [0.05, 0.1) is 0 Å². The summed E-state index contributed by atoms with van der Waals surface area (Å²) in [5.41, 5.74) is 7.06. The van der Waals surface area contributed by atoms with E-state index in [0.717, 1.165) is 30.5 Å². The van der Waals surface area contributed by atoms with E-state index < -0.39 is 5.54 Å². The summed E-state index contributed by atoms with van der Waals surface area (Å²) in [5, 5.41) is 3.34. The summed E-state index contributed by atoms with van der Waals surface area (Å²) in [6.45, 7) is 6.14. The molecule has 1 amide bonds. The third-order valence-corrected chi connectivity index (χ3v) is 3.88. The van der Waals surface area contributed by atoms with Crippen LogP contribution >= 0.6 is 0 Å². The monoisotopic (exact) mass is 276 g/mol. The van der Waals surface area contributed by atoms with Gasteiger partial charge in [-0.1, -0.05) is 57.2 Å². The number of nitrogens with two attached hydrogens (primary N) is 1. The Morgan fingerprint density at radius 1 is 1.20 bits per heavy atom. The van der Waals surface area contributed by atoms with E-state index >= 15 is 0 Å². The zero-order chi connectivity index (χ0) is 15.0. The summed E-state index contributed by atoms with van der Waals surface area (Å²) < 4.78 is 0. The number of aryl methyl sites for hydroxylation is 1. The Morgan fingerprint density at radius 2 is 1.85 bits per heavy atom. The van der Waals surface area contributed by atoms with E-state index in [-0.39, 0.29) is 5.91 Å². The predicted octanol–water partition coefficient (Wildman–Crippen LogP) is 4.01. The molecule has 1 aromatic carbocycles. The van der Waals surface area contributed by atoms with Gasteiger partial charge in [0.2, 0.25) is 5.91 Å². The van der Waals surface area contributed by atoms with Crippen LogP contribution in [-0.2, 0) is 4.79 Å². The molecule has 3 heteroatoms. The smallest absolute Gasteiger partial charge is 0.242 e. The van der Waals surface area contributed by atoms with Crippen LogP contribution in [-0.4, -0.2) is 11.4 Å². The first-order valence-corrected chi connectivity index (χ1v) is 7.63. The van der Waals surface area contributed by atoms with Crippen LogP contribution in [0.1, 0.15) is 57.9 Å². The minimum absolute atomic E-state index is 0.281. The lowest BCUT2D eigenvalue weighted by Crippen LogP contribution is -2.48. The van der Waals surface area contributed by atoms with Gasteiger partial charge in [-0.15, -0.1) is 0 Å². The molecular weight excluding hydrogens is 248 g/mol. The lowest BCUT2D eigenvalue weighted by molar-refractivity contribution is -0.122. The number of hydrogen-bond acceptors (Lipinski definition) is 2. The van der Waals surface area contributed by atoms with E-state index in [4.69, 9.17) is 5.73 Å². The van der Waals surface area contributed by atoms with E-state index in [1.54, 1.807) is 0 Å². The minimum Gasteiger partial charge on any atom is -0.371 e. The SMILES string of the molecule is CCCCCCCC(C)(Nc1ccccc1C)C(N)=O. The van der Waals surface area contributed by atoms with E-state index in [9.17, 15) is 4.79 Å². The average Bonchev–Trinajstić information content (AvgIpc) is 2.41. The van der Waals surface area contributed by atoms with Gasteiger partial charge < -0.3 is 11.1 Å². The van der Waals surface area contributed by atoms with Gasteiger partial charge in [0.25, 0.3) is 0 Å². The highest BCUT2D eigenvalue weighted by Gasteiger charge is 2.30. The number of anilines is 1. The van der Waals surface area contributed by atoms with Crippen LogP contribution in [0.15, 0.2) is 24.3 Å². The predicted molar refractivity (Wildman–Crippen MR) is 85.8 cm³/mol. The molecule has 0 bridgehead atoms. The molecule has 0 aliphatic carbocycles. The topological polar surface area (TPSA) is 55.1 Å². The van der Waals surface area contributed by atoms with Crippen LogP contribution in [0.5, 0.6) is 0 Å². The number of para-hydroxylation sites is 1. The largest absolute Gasteiger partial charge is 0.371 e. The second-order valence-electron chi connectivity index (χ2n) is 5.80. The van der Waals surface area contributed by atoms with Gasteiger partial charge in [-0.3, -0.25) is 4.79 Å². The zero-order valence-corrected chi connectivity index (χ0v) is 13.0. The average molecular weight is 276 g/mol. The number of benzene rings is 1. The minimum atomic E-state index is -0.668. The normalized spacial score (nSPS) is 13.8. The number of unbranched alkanes of at least 4 members (excludes halogenated alkanes) is 4. The molecule has 0 spiro atoms. The van der Waals surface area contributed by atoms with Crippen molar-refractivity contribution in [2.24, 2.45) is 5.73 Å². The summed E-state index contributed by atoms with van der Waals surface area (Å²) in [5.74, 6) is -0.281. The highest BCUT2D eigenvalue weighted by atomic mass is 16.1. The number of carbonyl (C=O) groups is 1. The molecule has 3 N–H and O–H groups in total. The van der Waals surface area contributed by atoms with Gasteiger partial charge in [-0.2, -0.15) is 0 Å². The summed E-state index contributed by atoms with van der Waals surface area (Å²) in [7, 11) is 0. The van der Waals surface area contributed by atoms with Crippen LogP contribution in [0, 0.1) is 6.92 Å². The van der Waals surface area contributed by atoms with Gasteiger partial charge in [0.15, 0.2) is 0 Å². The van der Waals surface area contributed by atoms with Gasteiger partial charge in [0, 0.05) is 5.69 Å². The molecule has 0 aromatic heterocycles. The van der Waals surface area contributed by atoms with Gasteiger partial charge in [0.1, 0.15) is 5.54 Å². The van der Waals surface area contributed by atoms with Gasteiger partial charge in [-0.05, 0) is 31.9 Å². The highest BCUT2D eigenvalue weighted by molar-refractivity contribution is 5.87.